The van der Waals surface area contributed by atoms with Crippen LogP contribution in [0, 0.1) is 0 Å². The molecule has 0 unspecified atom stereocenters. The topological polar surface area (TPSA) is 59.5 Å². The average molecular weight is 507 g/mol. The zero-order valence-electron chi connectivity index (χ0n) is 16.6. The van der Waals surface area contributed by atoms with E-state index in [1.807, 2.05) is 37.3 Å². The average Bonchev–Trinajstić information content (AvgIpc) is 3.25. The summed E-state index contributed by atoms with van der Waals surface area (Å²) in [5.74, 6) is 0.852. The minimum Gasteiger partial charge on any atom is -0.494 e. The predicted octanol–water partition coefficient (Wildman–Crippen LogP) is 5.41. The summed E-state index contributed by atoms with van der Waals surface area (Å²) < 4.78 is 32.2. The highest BCUT2D eigenvalue weighted by atomic mass is 79.9. The van der Waals surface area contributed by atoms with Crippen molar-refractivity contribution >= 4 is 42.2 Å². The van der Waals surface area contributed by atoms with Crippen LogP contribution in [0.5, 0.6) is 5.75 Å². The van der Waals surface area contributed by atoms with E-state index in [4.69, 9.17) is 9.72 Å². The number of halogens is 1. The van der Waals surface area contributed by atoms with Gasteiger partial charge in [0.2, 0.25) is 0 Å². The molecule has 158 valence electrons. The van der Waals surface area contributed by atoms with E-state index < -0.39 is 9.84 Å². The van der Waals surface area contributed by atoms with Gasteiger partial charge in [-0.05, 0) is 72.1 Å². The number of nitrogens with zero attached hydrogens (tertiary/aromatic N) is 2. The predicted molar refractivity (Wildman–Crippen MR) is 125 cm³/mol. The molecular weight excluding hydrogens is 484 g/mol. The lowest BCUT2D eigenvalue weighted by atomic mass is 10.1. The minimum atomic E-state index is -3.35. The highest BCUT2D eigenvalue weighted by Gasteiger charge is 2.33. The van der Waals surface area contributed by atoms with Gasteiger partial charge in [-0.3, -0.25) is 0 Å². The molecule has 0 N–H and O–H groups in total. The van der Waals surface area contributed by atoms with Crippen LogP contribution in [0.3, 0.4) is 0 Å². The van der Waals surface area contributed by atoms with Gasteiger partial charge in [0, 0.05) is 28.5 Å². The number of anilines is 1. The Morgan fingerprint density at radius 2 is 1.83 bits per heavy atom. The molecule has 1 aromatic heterocycles. The molecule has 5 nitrogen and oxygen atoms in total. The Morgan fingerprint density at radius 3 is 2.50 bits per heavy atom. The molecule has 0 spiro atoms. The van der Waals surface area contributed by atoms with Crippen LogP contribution in [0.15, 0.2) is 63.3 Å². The molecule has 0 radical (unpaired) electrons. The standard InChI is InChI=1S/C22H23BrN2O3S2/c1-2-28-17-9-7-16(8-10-17)20-15-29-22(24-20)25-13-11-18(12-14-25)30(26,27)21-6-4-3-5-19(21)23/h3-10,15,18H,2,11-14H2,1H3. The Labute approximate surface area is 189 Å². The molecule has 30 heavy (non-hydrogen) atoms. The number of sulfone groups is 1. The minimum absolute atomic E-state index is 0.363. The normalized spacial score (nSPS) is 15.3. The third-order valence-electron chi connectivity index (χ3n) is 5.25. The molecule has 1 aliphatic heterocycles. The van der Waals surface area contributed by atoms with Gasteiger partial charge in [-0.25, -0.2) is 13.4 Å². The molecule has 3 aromatic rings. The fourth-order valence-electron chi connectivity index (χ4n) is 3.64. The van der Waals surface area contributed by atoms with Crippen molar-refractivity contribution < 1.29 is 13.2 Å². The lowest BCUT2D eigenvalue weighted by Gasteiger charge is -2.31. The van der Waals surface area contributed by atoms with Crippen molar-refractivity contribution in [2.24, 2.45) is 0 Å². The van der Waals surface area contributed by atoms with Crippen molar-refractivity contribution in [1.29, 1.82) is 0 Å². The lowest BCUT2D eigenvalue weighted by molar-refractivity contribution is 0.340. The smallest absolute Gasteiger partial charge is 0.185 e. The molecule has 8 heteroatoms. The van der Waals surface area contributed by atoms with E-state index in [1.165, 1.54) is 0 Å². The second-order valence-electron chi connectivity index (χ2n) is 7.13. The summed E-state index contributed by atoms with van der Waals surface area (Å²) in [6.07, 6.45) is 1.20. The second-order valence-corrected chi connectivity index (χ2v) is 11.0. The molecule has 2 aromatic carbocycles. The van der Waals surface area contributed by atoms with Crippen molar-refractivity contribution in [3.63, 3.8) is 0 Å². The van der Waals surface area contributed by atoms with Crippen LogP contribution >= 0.6 is 27.3 Å². The van der Waals surface area contributed by atoms with Crippen LogP contribution in [-0.4, -0.2) is 38.3 Å². The molecule has 4 rings (SSSR count). The maximum Gasteiger partial charge on any atom is 0.185 e. The van der Waals surface area contributed by atoms with Crippen LogP contribution in [0.25, 0.3) is 11.3 Å². The van der Waals surface area contributed by atoms with Gasteiger partial charge < -0.3 is 9.64 Å². The van der Waals surface area contributed by atoms with Crippen LogP contribution < -0.4 is 9.64 Å². The van der Waals surface area contributed by atoms with Crippen molar-refractivity contribution in [2.45, 2.75) is 29.9 Å². The summed E-state index contributed by atoms with van der Waals surface area (Å²) in [6.45, 7) is 3.98. The lowest BCUT2D eigenvalue weighted by Crippen LogP contribution is -2.39. The Kier molecular flexibility index (Phi) is 6.46. The highest BCUT2D eigenvalue weighted by molar-refractivity contribution is 9.10. The van der Waals surface area contributed by atoms with Crippen LogP contribution in [0.2, 0.25) is 0 Å². The van der Waals surface area contributed by atoms with E-state index in [9.17, 15) is 8.42 Å². The summed E-state index contributed by atoms with van der Waals surface area (Å²) in [4.78, 5) is 7.36. The number of thiazole rings is 1. The zero-order valence-corrected chi connectivity index (χ0v) is 19.8. The first-order valence-corrected chi connectivity index (χ1v) is 13.1. The summed E-state index contributed by atoms with van der Waals surface area (Å²) >= 11 is 4.98. The summed E-state index contributed by atoms with van der Waals surface area (Å²) in [5, 5.41) is 2.63. The van der Waals surface area contributed by atoms with E-state index in [2.05, 4.69) is 26.2 Å². The highest BCUT2D eigenvalue weighted by Crippen LogP contribution is 2.33. The number of rotatable bonds is 6. The largest absolute Gasteiger partial charge is 0.494 e. The van der Waals surface area contributed by atoms with Crippen molar-refractivity contribution in [1.82, 2.24) is 4.98 Å². The maximum atomic E-state index is 13.0. The fourth-order valence-corrected chi connectivity index (χ4v) is 7.29. The van der Waals surface area contributed by atoms with Gasteiger partial charge in [0.25, 0.3) is 0 Å². The van der Waals surface area contributed by atoms with Crippen molar-refractivity contribution in [3.05, 3.63) is 58.4 Å². The monoisotopic (exact) mass is 506 g/mol. The number of ether oxygens (including phenoxy) is 1. The summed E-state index contributed by atoms with van der Waals surface area (Å²) in [5.41, 5.74) is 1.98. The van der Waals surface area contributed by atoms with Crippen LogP contribution in [0.1, 0.15) is 19.8 Å². The number of aromatic nitrogens is 1. The molecule has 2 heterocycles. The first kappa shape index (κ1) is 21.3. The molecule has 0 saturated carbocycles. The van der Waals surface area contributed by atoms with E-state index in [0.29, 0.717) is 41.9 Å². The summed E-state index contributed by atoms with van der Waals surface area (Å²) in [6, 6.07) is 15.0. The van der Waals surface area contributed by atoms with Crippen LogP contribution in [0.4, 0.5) is 5.13 Å². The van der Waals surface area contributed by atoms with Crippen LogP contribution in [-0.2, 0) is 9.84 Å². The second kappa shape index (κ2) is 9.08. The zero-order chi connectivity index (χ0) is 21.1. The van der Waals surface area contributed by atoms with Gasteiger partial charge in [0.15, 0.2) is 15.0 Å². The van der Waals surface area contributed by atoms with Gasteiger partial charge in [0.05, 0.1) is 22.4 Å². The molecule has 0 aliphatic carbocycles. The van der Waals surface area contributed by atoms with Crippen molar-refractivity contribution in [2.75, 3.05) is 24.6 Å². The van der Waals surface area contributed by atoms with Gasteiger partial charge in [-0.15, -0.1) is 11.3 Å². The maximum absolute atomic E-state index is 13.0. The van der Waals surface area contributed by atoms with Gasteiger partial charge >= 0.3 is 0 Å². The Balaban J connectivity index is 1.43. The molecule has 0 amide bonds. The molecular formula is C22H23BrN2O3S2. The first-order valence-electron chi connectivity index (χ1n) is 9.91. The van der Waals surface area contributed by atoms with E-state index in [1.54, 1.807) is 29.5 Å². The quantitative estimate of drug-likeness (QED) is 0.446. The van der Waals surface area contributed by atoms with E-state index in [0.717, 1.165) is 22.1 Å². The Hall–Kier alpha value is -1.90. The first-order chi connectivity index (χ1) is 14.5. The molecule has 1 aliphatic rings. The number of benzene rings is 2. The molecule has 0 bridgehead atoms. The number of hydrogen-bond donors (Lipinski definition) is 0. The third kappa shape index (κ3) is 4.40. The molecule has 1 saturated heterocycles. The third-order valence-corrected chi connectivity index (χ3v) is 9.42. The van der Waals surface area contributed by atoms with Gasteiger partial charge in [-0.2, -0.15) is 0 Å². The van der Waals surface area contributed by atoms with Crippen molar-refractivity contribution in [3.8, 4) is 17.0 Å². The number of piperidine rings is 1. The van der Waals surface area contributed by atoms with E-state index in [-0.39, 0.29) is 5.25 Å². The van der Waals surface area contributed by atoms with E-state index >= 15 is 0 Å². The van der Waals surface area contributed by atoms with Gasteiger partial charge in [0.1, 0.15) is 5.75 Å². The molecule has 0 atom stereocenters. The number of hydrogen-bond acceptors (Lipinski definition) is 6. The summed E-state index contributed by atoms with van der Waals surface area (Å²) in [7, 11) is -3.35. The molecule has 1 fully saturated rings. The Bertz CT molecular complexity index is 1110. The Morgan fingerprint density at radius 1 is 1.13 bits per heavy atom. The fraction of sp³-hybridized carbons (Fsp3) is 0.318. The van der Waals surface area contributed by atoms with Gasteiger partial charge in [-0.1, -0.05) is 12.1 Å². The SMILES string of the molecule is CCOc1ccc(-c2csc(N3CCC(S(=O)(=O)c4ccccc4Br)CC3)n2)cc1.